The minimum atomic E-state index is 0.278. The van der Waals surface area contributed by atoms with Crippen LogP contribution in [0.2, 0.25) is 0 Å². The molecular formula is C9H7BrOS. The highest BCUT2D eigenvalue weighted by molar-refractivity contribution is 9.10. The summed E-state index contributed by atoms with van der Waals surface area (Å²) in [5.74, 6) is 0. The SMILES string of the molecule is O=C1CCc2ccc(Br)cc2S1. The molecule has 0 spiro atoms. The molecule has 1 aromatic carbocycles. The third-order valence-electron chi connectivity index (χ3n) is 1.85. The molecule has 1 aliphatic rings. The second kappa shape index (κ2) is 3.23. The van der Waals surface area contributed by atoms with Gasteiger partial charge in [-0.15, -0.1) is 0 Å². The van der Waals surface area contributed by atoms with Crippen LogP contribution in [-0.4, -0.2) is 5.12 Å². The molecule has 1 nitrogen and oxygen atoms in total. The normalized spacial score (nSPS) is 15.9. The van der Waals surface area contributed by atoms with Gasteiger partial charge in [0.15, 0.2) is 5.12 Å². The predicted molar refractivity (Wildman–Crippen MR) is 53.3 cm³/mol. The number of hydrogen-bond donors (Lipinski definition) is 0. The first-order chi connectivity index (χ1) is 5.75. The number of halogens is 1. The molecule has 0 radical (unpaired) electrons. The average Bonchev–Trinajstić information content (AvgIpc) is 2.03. The van der Waals surface area contributed by atoms with Crippen molar-refractivity contribution >= 4 is 32.8 Å². The molecule has 0 fully saturated rings. The summed E-state index contributed by atoms with van der Waals surface area (Å²) in [5, 5.41) is 0.278. The molecule has 1 heterocycles. The van der Waals surface area contributed by atoms with Crippen molar-refractivity contribution < 1.29 is 4.79 Å². The summed E-state index contributed by atoms with van der Waals surface area (Å²) in [6, 6.07) is 6.12. The fraction of sp³-hybridized carbons (Fsp3) is 0.222. The number of benzene rings is 1. The molecule has 12 heavy (non-hydrogen) atoms. The number of fused-ring (bicyclic) bond motifs is 1. The first-order valence-electron chi connectivity index (χ1n) is 3.75. The number of rotatable bonds is 0. The second-order valence-corrected chi connectivity index (χ2v) is 4.74. The standard InChI is InChI=1S/C9H7BrOS/c10-7-3-1-6-2-4-9(11)12-8(6)5-7/h1,3,5H,2,4H2. The van der Waals surface area contributed by atoms with Gasteiger partial charge in [0, 0.05) is 15.8 Å². The summed E-state index contributed by atoms with van der Waals surface area (Å²) >= 11 is 4.74. The van der Waals surface area contributed by atoms with Crippen molar-refractivity contribution in [2.24, 2.45) is 0 Å². The quantitative estimate of drug-likeness (QED) is 0.696. The van der Waals surface area contributed by atoms with Gasteiger partial charge in [0.2, 0.25) is 0 Å². The largest absolute Gasteiger partial charge is 0.287 e. The topological polar surface area (TPSA) is 17.1 Å². The van der Waals surface area contributed by atoms with E-state index in [2.05, 4.69) is 22.0 Å². The van der Waals surface area contributed by atoms with Crippen LogP contribution in [0.25, 0.3) is 0 Å². The van der Waals surface area contributed by atoms with E-state index in [-0.39, 0.29) is 5.12 Å². The van der Waals surface area contributed by atoms with Crippen molar-refractivity contribution in [1.82, 2.24) is 0 Å². The van der Waals surface area contributed by atoms with E-state index >= 15 is 0 Å². The predicted octanol–water partition coefficient (Wildman–Crippen LogP) is 3.01. The highest BCUT2D eigenvalue weighted by Gasteiger charge is 2.15. The van der Waals surface area contributed by atoms with Gasteiger partial charge in [0.1, 0.15) is 0 Å². The monoisotopic (exact) mass is 242 g/mol. The van der Waals surface area contributed by atoms with Crippen molar-refractivity contribution in [2.75, 3.05) is 0 Å². The minimum absolute atomic E-state index is 0.278. The van der Waals surface area contributed by atoms with Crippen molar-refractivity contribution in [3.05, 3.63) is 28.2 Å². The Bertz CT molecular complexity index is 335. The van der Waals surface area contributed by atoms with Crippen LogP contribution >= 0.6 is 27.7 Å². The summed E-state index contributed by atoms with van der Waals surface area (Å²) in [6.07, 6.45) is 1.58. The van der Waals surface area contributed by atoms with Crippen LogP contribution in [0.1, 0.15) is 12.0 Å². The van der Waals surface area contributed by atoms with Gasteiger partial charge in [0.25, 0.3) is 0 Å². The number of thioether (sulfide) groups is 1. The maximum atomic E-state index is 11.1. The molecule has 0 saturated carbocycles. The van der Waals surface area contributed by atoms with Gasteiger partial charge in [-0.05, 0) is 24.1 Å². The van der Waals surface area contributed by atoms with Crippen LogP contribution in [0.5, 0.6) is 0 Å². The van der Waals surface area contributed by atoms with Crippen molar-refractivity contribution in [3.8, 4) is 0 Å². The van der Waals surface area contributed by atoms with E-state index in [0.29, 0.717) is 6.42 Å². The number of carbonyl (C=O) groups excluding carboxylic acids is 1. The third kappa shape index (κ3) is 1.57. The molecule has 3 heteroatoms. The summed E-state index contributed by atoms with van der Waals surface area (Å²) in [5.41, 5.74) is 1.29. The molecule has 0 saturated heterocycles. The van der Waals surface area contributed by atoms with E-state index < -0.39 is 0 Å². The van der Waals surface area contributed by atoms with Crippen molar-refractivity contribution in [1.29, 1.82) is 0 Å². The molecule has 0 atom stereocenters. The lowest BCUT2D eigenvalue weighted by molar-refractivity contribution is -0.111. The number of aryl methyl sites for hydroxylation is 1. The van der Waals surface area contributed by atoms with Gasteiger partial charge in [-0.3, -0.25) is 4.79 Å². The summed E-state index contributed by atoms with van der Waals surface area (Å²) in [6.45, 7) is 0. The van der Waals surface area contributed by atoms with E-state index in [1.807, 2.05) is 12.1 Å². The Morgan fingerprint density at radius 1 is 1.33 bits per heavy atom. The van der Waals surface area contributed by atoms with E-state index in [4.69, 9.17) is 0 Å². The molecular weight excluding hydrogens is 236 g/mol. The first-order valence-corrected chi connectivity index (χ1v) is 5.36. The summed E-state index contributed by atoms with van der Waals surface area (Å²) in [7, 11) is 0. The minimum Gasteiger partial charge on any atom is -0.287 e. The molecule has 0 N–H and O–H groups in total. The molecule has 0 aromatic heterocycles. The Labute approximate surface area is 83.7 Å². The van der Waals surface area contributed by atoms with Crippen LogP contribution in [0, 0.1) is 0 Å². The molecule has 0 bridgehead atoms. The van der Waals surface area contributed by atoms with E-state index in [1.54, 1.807) is 0 Å². The van der Waals surface area contributed by atoms with Crippen LogP contribution in [0.15, 0.2) is 27.6 Å². The Kier molecular flexibility index (Phi) is 2.24. The van der Waals surface area contributed by atoms with Crippen LogP contribution in [0.4, 0.5) is 0 Å². The van der Waals surface area contributed by atoms with Crippen LogP contribution in [0.3, 0.4) is 0 Å². The zero-order valence-corrected chi connectivity index (χ0v) is 8.74. The first kappa shape index (κ1) is 8.32. The van der Waals surface area contributed by atoms with E-state index in [1.165, 1.54) is 17.3 Å². The molecule has 62 valence electrons. The van der Waals surface area contributed by atoms with Gasteiger partial charge in [-0.25, -0.2) is 0 Å². The Balaban J connectivity index is 2.44. The smallest absolute Gasteiger partial charge is 0.194 e. The van der Waals surface area contributed by atoms with Gasteiger partial charge >= 0.3 is 0 Å². The second-order valence-electron chi connectivity index (χ2n) is 2.73. The molecule has 1 aromatic rings. The maximum Gasteiger partial charge on any atom is 0.194 e. The Morgan fingerprint density at radius 3 is 3.00 bits per heavy atom. The molecule has 0 amide bonds. The number of carbonyl (C=O) groups is 1. The fourth-order valence-electron chi connectivity index (χ4n) is 1.24. The van der Waals surface area contributed by atoms with E-state index in [9.17, 15) is 4.79 Å². The lowest BCUT2D eigenvalue weighted by Gasteiger charge is -2.13. The van der Waals surface area contributed by atoms with Gasteiger partial charge in [0.05, 0.1) is 0 Å². The zero-order chi connectivity index (χ0) is 8.55. The Hall–Kier alpha value is -0.280. The molecule has 0 aliphatic carbocycles. The number of hydrogen-bond acceptors (Lipinski definition) is 2. The fourth-order valence-corrected chi connectivity index (χ4v) is 2.69. The molecule has 1 aliphatic heterocycles. The van der Waals surface area contributed by atoms with Gasteiger partial charge in [-0.1, -0.05) is 33.8 Å². The molecule has 2 rings (SSSR count). The van der Waals surface area contributed by atoms with Crippen LogP contribution < -0.4 is 0 Å². The third-order valence-corrected chi connectivity index (χ3v) is 3.38. The van der Waals surface area contributed by atoms with E-state index in [0.717, 1.165) is 15.8 Å². The highest BCUT2D eigenvalue weighted by Crippen LogP contribution is 2.32. The summed E-state index contributed by atoms with van der Waals surface area (Å²) in [4.78, 5) is 12.2. The zero-order valence-electron chi connectivity index (χ0n) is 6.34. The summed E-state index contributed by atoms with van der Waals surface area (Å²) < 4.78 is 1.04. The van der Waals surface area contributed by atoms with Gasteiger partial charge < -0.3 is 0 Å². The highest BCUT2D eigenvalue weighted by atomic mass is 79.9. The maximum absolute atomic E-state index is 11.1. The lowest BCUT2D eigenvalue weighted by Crippen LogP contribution is -2.03. The van der Waals surface area contributed by atoms with Crippen LogP contribution in [-0.2, 0) is 11.2 Å². The van der Waals surface area contributed by atoms with Crippen molar-refractivity contribution in [2.45, 2.75) is 17.7 Å². The lowest BCUT2D eigenvalue weighted by atomic mass is 10.1. The Morgan fingerprint density at radius 2 is 2.17 bits per heavy atom. The van der Waals surface area contributed by atoms with Gasteiger partial charge in [-0.2, -0.15) is 0 Å². The molecule has 0 unspecified atom stereocenters. The average molecular weight is 243 g/mol. The van der Waals surface area contributed by atoms with Crippen molar-refractivity contribution in [3.63, 3.8) is 0 Å².